The summed E-state index contributed by atoms with van der Waals surface area (Å²) < 4.78 is 5.50. The van der Waals surface area contributed by atoms with Gasteiger partial charge in [-0.3, -0.25) is 24.2 Å². The molecule has 2 aromatic rings. The lowest BCUT2D eigenvalue weighted by Gasteiger charge is -2.37. The Morgan fingerprint density at radius 2 is 1.53 bits per heavy atom. The van der Waals surface area contributed by atoms with E-state index in [1.807, 2.05) is 18.2 Å². The largest absolute Gasteiger partial charge is 0.495 e. The predicted molar refractivity (Wildman–Crippen MR) is 118 cm³/mol. The lowest BCUT2D eigenvalue weighted by Crippen LogP contribution is -2.45. The summed E-state index contributed by atoms with van der Waals surface area (Å²) in [5.74, 6) is 0.752. The highest BCUT2D eigenvalue weighted by Gasteiger charge is 2.67. The fourth-order valence-electron chi connectivity index (χ4n) is 6.14. The van der Waals surface area contributed by atoms with Gasteiger partial charge in [-0.05, 0) is 54.4 Å². The third-order valence-corrected chi connectivity index (χ3v) is 7.68. The van der Waals surface area contributed by atoms with Crippen molar-refractivity contribution in [3.8, 4) is 5.75 Å². The first-order valence-corrected chi connectivity index (χ1v) is 11.1. The standard InChI is InChI=1S/C26H24N2O4/c1-32-21-10-6-5-9-20(21)27(24(29)15-7-3-2-4-8-15)14-28-25(30)22-16-11-12-17(19-13-18(16)19)23(22)26(28)31/h2-12,16-19,22-23H,13-14H2,1H3/t16-,17-,18-,19-,22-,23+/m0/s1. The fraction of sp³-hybridized carbons (Fsp3) is 0.346. The van der Waals surface area contributed by atoms with E-state index in [0.29, 0.717) is 28.8 Å². The molecule has 162 valence electrons. The number of ether oxygens (including phenoxy) is 1. The minimum Gasteiger partial charge on any atom is -0.495 e. The zero-order chi connectivity index (χ0) is 22.0. The second kappa shape index (κ2) is 7.05. The Morgan fingerprint density at radius 1 is 0.938 bits per heavy atom. The molecule has 5 aliphatic rings. The number of hydrogen-bond donors (Lipinski definition) is 0. The summed E-state index contributed by atoms with van der Waals surface area (Å²) in [5, 5.41) is 0. The molecule has 0 aromatic heterocycles. The van der Waals surface area contributed by atoms with Gasteiger partial charge in [-0.2, -0.15) is 0 Å². The lowest BCUT2D eigenvalue weighted by molar-refractivity contribution is -0.140. The maximum Gasteiger partial charge on any atom is 0.259 e. The molecule has 2 saturated carbocycles. The Bertz CT molecular complexity index is 1110. The normalized spacial score (nSPS) is 31.3. The van der Waals surface area contributed by atoms with Gasteiger partial charge in [0.2, 0.25) is 11.8 Å². The molecule has 4 aliphatic carbocycles. The summed E-state index contributed by atoms with van der Waals surface area (Å²) in [6.45, 7) is -0.118. The topological polar surface area (TPSA) is 66.9 Å². The number of nitrogens with zero attached hydrogens (tertiary/aromatic N) is 2. The Labute approximate surface area is 186 Å². The number of likely N-dealkylation sites (tertiary alicyclic amines) is 1. The van der Waals surface area contributed by atoms with E-state index < -0.39 is 0 Å². The molecule has 1 heterocycles. The number of hydrogen-bond acceptors (Lipinski definition) is 4. The SMILES string of the molecule is COc1ccccc1N(CN1C(=O)[C@@H]2[C@H]3C=C[C@@H]([C@@H]4C[C@@H]34)[C@@H]2C1=O)C(=O)c1ccccc1. The van der Waals surface area contributed by atoms with Crippen LogP contribution in [0.2, 0.25) is 0 Å². The van der Waals surface area contributed by atoms with Gasteiger partial charge in [0, 0.05) is 5.56 Å². The number of benzene rings is 2. The Morgan fingerprint density at radius 3 is 2.16 bits per heavy atom. The van der Waals surface area contributed by atoms with Gasteiger partial charge >= 0.3 is 0 Å². The minimum absolute atomic E-state index is 0.118. The number of methoxy groups -OCH3 is 1. The minimum atomic E-state index is -0.285. The molecule has 0 N–H and O–H groups in total. The molecule has 3 amide bonds. The molecule has 6 nitrogen and oxygen atoms in total. The molecule has 32 heavy (non-hydrogen) atoms. The Hall–Kier alpha value is -3.41. The van der Waals surface area contributed by atoms with Crippen LogP contribution in [0.1, 0.15) is 16.8 Å². The molecule has 6 atom stereocenters. The monoisotopic (exact) mass is 428 g/mol. The van der Waals surface area contributed by atoms with Gasteiger partial charge in [-0.1, -0.05) is 42.5 Å². The molecule has 2 bridgehead atoms. The van der Waals surface area contributed by atoms with E-state index in [1.54, 1.807) is 43.5 Å². The first-order chi connectivity index (χ1) is 15.6. The highest BCUT2D eigenvalue weighted by molar-refractivity contribution is 6.10. The summed E-state index contributed by atoms with van der Waals surface area (Å²) in [6.07, 6.45) is 5.43. The number of carbonyl (C=O) groups excluding carboxylic acids is 3. The van der Waals surface area contributed by atoms with E-state index in [9.17, 15) is 14.4 Å². The molecule has 3 fully saturated rings. The zero-order valence-corrected chi connectivity index (χ0v) is 17.8. The van der Waals surface area contributed by atoms with E-state index in [-0.39, 0.29) is 48.1 Å². The number of allylic oxidation sites excluding steroid dienone is 2. The van der Waals surface area contributed by atoms with Crippen molar-refractivity contribution in [1.82, 2.24) is 4.90 Å². The highest BCUT2D eigenvalue weighted by atomic mass is 16.5. The molecule has 7 rings (SSSR count). The quantitative estimate of drug-likeness (QED) is 0.541. The third kappa shape index (κ3) is 2.68. The Balaban J connectivity index is 1.36. The maximum absolute atomic E-state index is 13.5. The number of rotatable bonds is 5. The van der Waals surface area contributed by atoms with E-state index in [0.717, 1.165) is 6.42 Å². The van der Waals surface area contributed by atoms with Crippen molar-refractivity contribution in [2.75, 3.05) is 18.7 Å². The van der Waals surface area contributed by atoms with Crippen LogP contribution in [0.15, 0.2) is 66.7 Å². The van der Waals surface area contributed by atoms with Gasteiger partial charge in [-0.25, -0.2) is 0 Å². The van der Waals surface area contributed by atoms with E-state index in [2.05, 4.69) is 12.2 Å². The van der Waals surface area contributed by atoms with Gasteiger partial charge in [0.05, 0.1) is 24.6 Å². The number of imide groups is 1. The van der Waals surface area contributed by atoms with Gasteiger partial charge in [-0.15, -0.1) is 0 Å². The van der Waals surface area contributed by atoms with Crippen LogP contribution >= 0.6 is 0 Å². The van der Waals surface area contributed by atoms with Crippen molar-refractivity contribution in [1.29, 1.82) is 0 Å². The second-order valence-electron chi connectivity index (χ2n) is 9.17. The maximum atomic E-state index is 13.5. The van der Waals surface area contributed by atoms with E-state index in [4.69, 9.17) is 4.74 Å². The van der Waals surface area contributed by atoms with E-state index >= 15 is 0 Å². The summed E-state index contributed by atoms with van der Waals surface area (Å²) >= 11 is 0. The molecule has 0 radical (unpaired) electrons. The summed E-state index contributed by atoms with van der Waals surface area (Å²) in [4.78, 5) is 43.3. The van der Waals surface area contributed by atoms with Crippen LogP contribution < -0.4 is 9.64 Å². The molecule has 0 spiro atoms. The van der Waals surface area contributed by atoms with Crippen molar-refractivity contribution in [3.63, 3.8) is 0 Å². The number of anilines is 1. The first kappa shape index (κ1) is 19.3. The molecule has 1 aliphatic heterocycles. The molecular weight excluding hydrogens is 404 g/mol. The average Bonchev–Trinajstić information content (AvgIpc) is 3.62. The van der Waals surface area contributed by atoms with Crippen LogP contribution in [-0.2, 0) is 9.59 Å². The molecular formula is C26H24N2O4. The van der Waals surface area contributed by atoms with Crippen LogP contribution in [0.25, 0.3) is 0 Å². The molecule has 6 heteroatoms. The van der Waals surface area contributed by atoms with Crippen molar-refractivity contribution in [2.24, 2.45) is 35.5 Å². The Kier molecular flexibility index (Phi) is 4.25. The lowest BCUT2D eigenvalue weighted by atomic mass is 9.63. The number of carbonyl (C=O) groups is 3. The van der Waals surface area contributed by atoms with Crippen LogP contribution in [0.3, 0.4) is 0 Å². The number of amides is 3. The van der Waals surface area contributed by atoms with Gasteiger partial charge in [0.1, 0.15) is 12.4 Å². The molecule has 1 saturated heterocycles. The zero-order valence-electron chi connectivity index (χ0n) is 17.8. The predicted octanol–water partition coefficient (Wildman–Crippen LogP) is 3.35. The fourth-order valence-corrected chi connectivity index (χ4v) is 6.14. The van der Waals surface area contributed by atoms with Gasteiger partial charge in [0.15, 0.2) is 0 Å². The number of para-hydroxylation sites is 2. The first-order valence-electron chi connectivity index (χ1n) is 11.1. The average molecular weight is 428 g/mol. The van der Waals surface area contributed by atoms with E-state index in [1.165, 1.54) is 9.80 Å². The van der Waals surface area contributed by atoms with Crippen molar-refractivity contribution in [3.05, 3.63) is 72.3 Å². The summed E-state index contributed by atoms with van der Waals surface area (Å²) in [6, 6.07) is 16.1. The highest BCUT2D eigenvalue weighted by Crippen LogP contribution is 2.65. The van der Waals surface area contributed by atoms with Crippen molar-refractivity contribution < 1.29 is 19.1 Å². The van der Waals surface area contributed by atoms with Crippen LogP contribution in [-0.4, -0.2) is 36.4 Å². The van der Waals surface area contributed by atoms with Gasteiger partial charge in [0.25, 0.3) is 5.91 Å². The third-order valence-electron chi connectivity index (χ3n) is 7.68. The van der Waals surface area contributed by atoms with Crippen LogP contribution in [0.5, 0.6) is 5.75 Å². The van der Waals surface area contributed by atoms with Crippen LogP contribution in [0, 0.1) is 35.5 Å². The van der Waals surface area contributed by atoms with Crippen molar-refractivity contribution in [2.45, 2.75) is 6.42 Å². The second-order valence-corrected chi connectivity index (χ2v) is 9.17. The van der Waals surface area contributed by atoms with Gasteiger partial charge < -0.3 is 4.74 Å². The van der Waals surface area contributed by atoms with Crippen LogP contribution in [0.4, 0.5) is 5.69 Å². The van der Waals surface area contributed by atoms with Crippen molar-refractivity contribution >= 4 is 23.4 Å². The summed E-state index contributed by atoms with van der Waals surface area (Å²) in [7, 11) is 1.54. The molecule has 2 aromatic carbocycles. The summed E-state index contributed by atoms with van der Waals surface area (Å²) in [5.41, 5.74) is 1.01. The smallest absolute Gasteiger partial charge is 0.259 e. The molecule has 0 unspecified atom stereocenters.